The van der Waals surface area contributed by atoms with Crippen molar-refractivity contribution >= 4 is 0 Å². The lowest BCUT2D eigenvalue weighted by Crippen LogP contribution is -2.27. The summed E-state index contributed by atoms with van der Waals surface area (Å²) in [5, 5.41) is 9.71. The molecule has 0 spiro atoms. The van der Waals surface area contributed by atoms with Gasteiger partial charge < -0.3 is 10.0 Å². The van der Waals surface area contributed by atoms with Crippen molar-refractivity contribution in [2.45, 2.75) is 26.8 Å². The molecule has 0 unspecified atom stereocenters. The highest BCUT2D eigenvalue weighted by molar-refractivity contribution is 5.48. The molecule has 0 amide bonds. The van der Waals surface area contributed by atoms with E-state index in [-0.39, 0.29) is 0 Å². The number of phenolic OH excluding ortho intramolecular Hbond substituents is 1. The molecule has 0 aromatic heterocycles. The second kappa shape index (κ2) is 3.28. The third-order valence-corrected chi connectivity index (χ3v) is 3.20. The summed E-state index contributed by atoms with van der Waals surface area (Å²) in [6.07, 6.45) is 1.06. The Morgan fingerprint density at radius 3 is 2.71 bits per heavy atom. The van der Waals surface area contributed by atoms with Gasteiger partial charge in [0, 0.05) is 13.1 Å². The highest BCUT2D eigenvalue weighted by Crippen LogP contribution is 2.30. The van der Waals surface area contributed by atoms with Gasteiger partial charge in [0.05, 0.1) is 0 Å². The average Bonchev–Trinajstić information content (AvgIpc) is 2.14. The monoisotopic (exact) mass is 191 g/mol. The Balaban J connectivity index is 2.57. The Morgan fingerprint density at radius 2 is 2.00 bits per heavy atom. The summed E-state index contributed by atoms with van der Waals surface area (Å²) in [6.45, 7) is 6.20. The first-order valence-corrected chi connectivity index (χ1v) is 5.09. The van der Waals surface area contributed by atoms with Gasteiger partial charge in [0.1, 0.15) is 5.75 Å². The summed E-state index contributed by atoms with van der Waals surface area (Å²) in [5.74, 6) is 0.450. The first kappa shape index (κ1) is 9.53. The second-order valence-electron chi connectivity index (χ2n) is 4.28. The lowest BCUT2D eigenvalue weighted by molar-refractivity contribution is 0.310. The first-order valence-electron chi connectivity index (χ1n) is 5.09. The predicted octanol–water partition coefficient (Wildman–Crippen LogP) is 2.00. The van der Waals surface area contributed by atoms with E-state index in [0.29, 0.717) is 5.75 Å². The van der Waals surface area contributed by atoms with E-state index in [9.17, 15) is 5.11 Å². The lowest BCUT2D eigenvalue weighted by Gasteiger charge is -2.28. The van der Waals surface area contributed by atoms with E-state index in [4.69, 9.17) is 0 Å². The summed E-state index contributed by atoms with van der Waals surface area (Å²) in [6, 6.07) is 1.88. The number of likely N-dealkylation sites (N-methyl/N-ethyl adjacent to an activating group) is 1. The van der Waals surface area contributed by atoms with Gasteiger partial charge in [-0.25, -0.2) is 0 Å². The Kier molecular flexibility index (Phi) is 2.23. The number of fused-ring (bicyclic) bond motifs is 1. The molecule has 1 aliphatic rings. The van der Waals surface area contributed by atoms with E-state index >= 15 is 0 Å². The fourth-order valence-corrected chi connectivity index (χ4v) is 2.23. The van der Waals surface area contributed by atoms with Crippen molar-refractivity contribution in [1.29, 1.82) is 0 Å². The average molecular weight is 191 g/mol. The number of hydrogen-bond donors (Lipinski definition) is 1. The fourth-order valence-electron chi connectivity index (χ4n) is 2.23. The van der Waals surface area contributed by atoms with Crippen LogP contribution in [0.25, 0.3) is 0 Å². The van der Waals surface area contributed by atoms with Gasteiger partial charge in [0.15, 0.2) is 0 Å². The van der Waals surface area contributed by atoms with Crippen LogP contribution in [0.1, 0.15) is 22.3 Å². The topological polar surface area (TPSA) is 23.5 Å². The number of hydrogen-bond acceptors (Lipinski definition) is 2. The van der Waals surface area contributed by atoms with Crippen LogP contribution in [-0.2, 0) is 13.0 Å². The summed E-state index contributed by atoms with van der Waals surface area (Å²) in [5.41, 5.74) is 5.06. The zero-order valence-electron chi connectivity index (χ0n) is 9.09. The highest BCUT2D eigenvalue weighted by Gasteiger charge is 2.18. The van der Waals surface area contributed by atoms with Crippen LogP contribution in [0.5, 0.6) is 5.75 Å². The molecule has 14 heavy (non-hydrogen) atoms. The Bertz CT molecular complexity index is 371. The van der Waals surface area contributed by atoms with Gasteiger partial charge in [0.25, 0.3) is 0 Å². The minimum Gasteiger partial charge on any atom is -0.508 e. The molecule has 1 aromatic rings. The van der Waals surface area contributed by atoms with Gasteiger partial charge in [-0.3, -0.25) is 0 Å². The number of rotatable bonds is 0. The van der Waals surface area contributed by atoms with Crippen molar-refractivity contribution < 1.29 is 5.11 Å². The second-order valence-corrected chi connectivity index (χ2v) is 4.28. The van der Waals surface area contributed by atoms with E-state index in [1.54, 1.807) is 0 Å². The van der Waals surface area contributed by atoms with Crippen LogP contribution in [0, 0.1) is 13.8 Å². The van der Waals surface area contributed by atoms with E-state index < -0.39 is 0 Å². The zero-order valence-corrected chi connectivity index (χ0v) is 9.09. The smallest absolute Gasteiger partial charge is 0.119 e. The molecule has 2 nitrogen and oxygen atoms in total. The molecule has 76 valence electrons. The van der Waals surface area contributed by atoms with E-state index in [0.717, 1.165) is 25.1 Å². The molecular formula is C12H17NO. The maximum absolute atomic E-state index is 9.71. The number of phenols is 1. The summed E-state index contributed by atoms with van der Waals surface area (Å²) in [7, 11) is 2.14. The molecule has 1 N–H and O–H groups in total. The molecule has 1 heterocycles. The largest absolute Gasteiger partial charge is 0.508 e. The molecule has 1 aromatic carbocycles. The van der Waals surface area contributed by atoms with E-state index in [2.05, 4.69) is 18.9 Å². The lowest BCUT2D eigenvalue weighted by atomic mass is 9.91. The molecule has 0 saturated carbocycles. The van der Waals surface area contributed by atoms with Crippen molar-refractivity contribution in [3.8, 4) is 5.75 Å². The van der Waals surface area contributed by atoms with Gasteiger partial charge in [-0.2, -0.15) is 0 Å². The summed E-state index contributed by atoms with van der Waals surface area (Å²) in [4.78, 5) is 2.33. The zero-order chi connectivity index (χ0) is 10.3. The molecule has 0 atom stereocenters. The molecule has 2 heteroatoms. The number of aryl methyl sites for hydroxylation is 1. The molecule has 0 radical (unpaired) electrons. The Labute approximate surface area is 85.2 Å². The number of nitrogens with zero attached hydrogens (tertiary/aromatic N) is 1. The minimum atomic E-state index is 0.450. The van der Waals surface area contributed by atoms with Crippen molar-refractivity contribution in [2.75, 3.05) is 13.6 Å². The van der Waals surface area contributed by atoms with Gasteiger partial charge in [-0.1, -0.05) is 0 Å². The predicted molar refractivity (Wildman–Crippen MR) is 57.6 cm³/mol. The molecule has 0 bridgehead atoms. The van der Waals surface area contributed by atoms with Crippen LogP contribution in [0.15, 0.2) is 6.07 Å². The molecule has 1 aliphatic heterocycles. The van der Waals surface area contributed by atoms with Gasteiger partial charge in [-0.05, 0) is 55.6 Å². The third kappa shape index (κ3) is 1.40. The quantitative estimate of drug-likeness (QED) is 0.678. The SMILES string of the molecule is Cc1cc(O)c(C)c2c1CN(C)CC2. The van der Waals surface area contributed by atoms with Crippen molar-refractivity contribution in [2.24, 2.45) is 0 Å². The maximum atomic E-state index is 9.71. The van der Waals surface area contributed by atoms with Crippen molar-refractivity contribution in [3.05, 3.63) is 28.3 Å². The third-order valence-electron chi connectivity index (χ3n) is 3.20. The standard InChI is InChI=1S/C12H17NO/c1-8-6-12(14)9(2)10-4-5-13(3)7-11(8)10/h6,14H,4-5,7H2,1-3H3. The number of aromatic hydroxyl groups is 1. The molecule has 2 rings (SSSR count). The highest BCUT2D eigenvalue weighted by atomic mass is 16.3. The summed E-state index contributed by atoms with van der Waals surface area (Å²) < 4.78 is 0. The molecular weight excluding hydrogens is 174 g/mol. The van der Waals surface area contributed by atoms with E-state index in [1.165, 1.54) is 16.7 Å². The van der Waals surface area contributed by atoms with Crippen LogP contribution in [0.4, 0.5) is 0 Å². The van der Waals surface area contributed by atoms with Gasteiger partial charge >= 0.3 is 0 Å². The van der Waals surface area contributed by atoms with E-state index in [1.807, 2.05) is 13.0 Å². The van der Waals surface area contributed by atoms with Gasteiger partial charge in [0.2, 0.25) is 0 Å². The van der Waals surface area contributed by atoms with Crippen LogP contribution in [-0.4, -0.2) is 23.6 Å². The van der Waals surface area contributed by atoms with Gasteiger partial charge in [-0.15, -0.1) is 0 Å². The first-order chi connectivity index (χ1) is 6.59. The number of benzene rings is 1. The molecule has 0 fully saturated rings. The van der Waals surface area contributed by atoms with Crippen LogP contribution in [0.3, 0.4) is 0 Å². The van der Waals surface area contributed by atoms with Crippen molar-refractivity contribution in [3.63, 3.8) is 0 Å². The van der Waals surface area contributed by atoms with Crippen LogP contribution in [0.2, 0.25) is 0 Å². The fraction of sp³-hybridized carbons (Fsp3) is 0.500. The van der Waals surface area contributed by atoms with Crippen LogP contribution < -0.4 is 0 Å². The molecule has 0 aliphatic carbocycles. The summed E-state index contributed by atoms with van der Waals surface area (Å²) >= 11 is 0. The van der Waals surface area contributed by atoms with Crippen LogP contribution >= 0.6 is 0 Å². The molecule has 0 saturated heterocycles. The maximum Gasteiger partial charge on any atom is 0.119 e. The normalized spacial score (nSPS) is 16.8. The van der Waals surface area contributed by atoms with Crippen molar-refractivity contribution in [1.82, 2.24) is 4.90 Å². The Hall–Kier alpha value is -1.02. The Morgan fingerprint density at radius 1 is 1.29 bits per heavy atom. The minimum absolute atomic E-state index is 0.450.